The minimum atomic E-state index is -0.0356. The Hall–Kier alpha value is -1.94. The third kappa shape index (κ3) is 2.90. The summed E-state index contributed by atoms with van der Waals surface area (Å²) in [6.45, 7) is 4.96. The van der Waals surface area contributed by atoms with Crippen LogP contribution in [0.4, 0.5) is 0 Å². The van der Waals surface area contributed by atoms with Crippen LogP contribution in [0.1, 0.15) is 19.4 Å². The lowest BCUT2D eigenvalue weighted by atomic mass is 10.1. The van der Waals surface area contributed by atoms with E-state index in [4.69, 9.17) is 9.47 Å². The molecule has 0 aliphatic heterocycles. The van der Waals surface area contributed by atoms with Gasteiger partial charge < -0.3 is 19.1 Å². The number of aromatic nitrogens is 1. The predicted molar refractivity (Wildman–Crippen MR) is 74.0 cm³/mol. The van der Waals surface area contributed by atoms with Gasteiger partial charge >= 0.3 is 0 Å². The molecular weight excluding hydrogens is 242 g/mol. The molecule has 0 saturated carbocycles. The van der Waals surface area contributed by atoms with Crippen molar-refractivity contribution < 1.29 is 14.6 Å². The van der Waals surface area contributed by atoms with Gasteiger partial charge in [0.2, 0.25) is 0 Å². The van der Waals surface area contributed by atoms with E-state index in [1.165, 1.54) is 0 Å². The van der Waals surface area contributed by atoms with Crippen LogP contribution < -0.4 is 9.47 Å². The molecule has 19 heavy (non-hydrogen) atoms. The molecule has 0 amide bonds. The molecule has 1 aromatic carbocycles. The van der Waals surface area contributed by atoms with Crippen LogP contribution >= 0.6 is 0 Å². The Kier molecular flexibility index (Phi) is 4.47. The van der Waals surface area contributed by atoms with Gasteiger partial charge in [-0.2, -0.15) is 0 Å². The summed E-state index contributed by atoms with van der Waals surface area (Å²) in [6, 6.07) is 7.60. The molecule has 0 aliphatic carbocycles. The Morgan fingerprint density at radius 1 is 1.00 bits per heavy atom. The lowest BCUT2D eigenvalue weighted by molar-refractivity contribution is 0.277. The van der Waals surface area contributed by atoms with E-state index in [2.05, 4.69) is 0 Å². The first kappa shape index (κ1) is 13.5. The highest BCUT2D eigenvalue weighted by Gasteiger charge is 2.14. The van der Waals surface area contributed by atoms with Gasteiger partial charge in [-0.15, -0.1) is 0 Å². The number of nitrogens with zero attached hydrogens (tertiary/aromatic N) is 1. The fourth-order valence-corrected chi connectivity index (χ4v) is 2.00. The highest BCUT2D eigenvalue weighted by molar-refractivity contribution is 5.59. The van der Waals surface area contributed by atoms with Crippen LogP contribution in [0.25, 0.3) is 5.69 Å². The molecule has 0 bridgehead atoms. The van der Waals surface area contributed by atoms with Crippen LogP contribution in [-0.4, -0.2) is 22.9 Å². The van der Waals surface area contributed by atoms with E-state index < -0.39 is 0 Å². The standard InChI is InChI=1S/C15H19NO3/c1-3-18-13-9-12(11-17)10-14(19-4-2)15(13)16-7-5-6-8-16/h5-10,17H,3-4,11H2,1-2H3. The Balaban J connectivity index is 2.58. The van der Waals surface area contributed by atoms with E-state index in [1.807, 2.05) is 55.1 Å². The van der Waals surface area contributed by atoms with Gasteiger partial charge in [-0.25, -0.2) is 0 Å². The van der Waals surface area contributed by atoms with Crippen LogP contribution in [0.5, 0.6) is 11.5 Å². The van der Waals surface area contributed by atoms with Gasteiger partial charge in [-0.3, -0.25) is 0 Å². The fraction of sp³-hybridized carbons (Fsp3) is 0.333. The largest absolute Gasteiger partial charge is 0.492 e. The van der Waals surface area contributed by atoms with Gasteiger partial charge in [-0.05, 0) is 43.7 Å². The zero-order valence-corrected chi connectivity index (χ0v) is 11.3. The topological polar surface area (TPSA) is 43.6 Å². The van der Waals surface area contributed by atoms with E-state index in [9.17, 15) is 5.11 Å². The van der Waals surface area contributed by atoms with Gasteiger partial charge in [-0.1, -0.05) is 0 Å². The molecule has 1 aromatic heterocycles. The molecule has 0 saturated heterocycles. The summed E-state index contributed by atoms with van der Waals surface area (Å²) in [5.74, 6) is 1.43. The van der Waals surface area contributed by atoms with Crippen LogP contribution in [0, 0.1) is 0 Å². The van der Waals surface area contributed by atoms with E-state index >= 15 is 0 Å². The van der Waals surface area contributed by atoms with E-state index in [-0.39, 0.29) is 6.61 Å². The monoisotopic (exact) mass is 261 g/mol. The van der Waals surface area contributed by atoms with Crippen molar-refractivity contribution >= 4 is 0 Å². The fourth-order valence-electron chi connectivity index (χ4n) is 2.00. The molecule has 4 nitrogen and oxygen atoms in total. The maximum atomic E-state index is 9.33. The first-order valence-electron chi connectivity index (χ1n) is 6.46. The second kappa shape index (κ2) is 6.29. The van der Waals surface area contributed by atoms with Crippen molar-refractivity contribution in [1.82, 2.24) is 4.57 Å². The first-order chi connectivity index (χ1) is 9.30. The molecule has 0 aliphatic rings. The van der Waals surface area contributed by atoms with E-state index in [1.54, 1.807) is 0 Å². The van der Waals surface area contributed by atoms with Crippen molar-refractivity contribution in [2.45, 2.75) is 20.5 Å². The normalized spacial score (nSPS) is 10.5. The number of hydrogen-bond donors (Lipinski definition) is 1. The summed E-state index contributed by atoms with van der Waals surface area (Å²) in [6.07, 6.45) is 3.89. The molecule has 2 rings (SSSR count). The minimum absolute atomic E-state index is 0.0356. The lowest BCUT2D eigenvalue weighted by Crippen LogP contribution is -2.05. The maximum Gasteiger partial charge on any atom is 0.147 e. The minimum Gasteiger partial charge on any atom is -0.492 e. The molecule has 2 aromatic rings. The number of aliphatic hydroxyl groups is 1. The van der Waals surface area contributed by atoms with Crippen molar-refractivity contribution in [1.29, 1.82) is 0 Å². The molecule has 0 radical (unpaired) electrons. The SMILES string of the molecule is CCOc1cc(CO)cc(OCC)c1-n1cccc1. The Morgan fingerprint density at radius 3 is 1.95 bits per heavy atom. The average molecular weight is 261 g/mol. The second-order valence-corrected chi connectivity index (χ2v) is 4.06. The summed E-state index contributed by atoms with van der Waals surface area (Å²) in [5, 5.41) is 9.33. The Morgan fingerprint density at radius 2 is 1.53 bits per heavy atom. The Labute approximate surface area is 113 Å². The van der Waals surface area contributed by atoms with Crippen LogP contribution in [0.15, 0.2) is 36.7 Å². The molecule has 1 heterocycles. The van der Waals surface area contributed by atoms with Crippen molar-refractivity contribution in [2.75, 3.05) is 13.2 Å². The van der Waals surface area contributed by atoms with Gasteiger partial charge in [0.05, 0.1) is 19.8 Å². The number of benzene rings is 1. The summed E-state index contributed by atoms with van der Waals surface area (Å²) >= 11 is 0. The predicted octanol–water partition coefficient (Wildman–Crippen LogP) is 2.77. The zero-order chi connectivity index (χ0) is 13.7. The van der Waals surface area contributed by atoms with Gasteiger partial charge in [0.1, 0.15) is 17.2 Å². The van der Waals surface area contributed by atoms with Crippen molar-refractivity contribution in [3.05, 3.63) is 42.2 Å². The third-order valence-corrected chi connectivity index (χ3v) is 2.74. The number of ether oxygens (including phenoxy) is 2. The van der Waals surface area contributed by atoms with Crippen LogP contribution in [-0.2, 0) is 6.61 Å². The zero-order valence-electron chi connectivity index (χ0n) is 11.3. The van der Waals surface area contributed by atoms with E-state index in [0.717, 1.165) is 11.3 Å². The number of aliphatic hydroxyl groups excluding tert-OH is 1. The summed E-state index contributed by atoms with van der Waals surface area (Å²) in [4.78, 5) is 0. The van der Waals surface area contributed by atoms with Gasteiger partial charge in [0.15, 0.2) is 0 Å². The highest BCUT2D eigenvalue weighted by atomic mass is 16.5. The first-order valence-corrected chi connectivity index (χ1v) is 6.46. The summed E-state index contributed by atoms with van der Waals surface area (Å²) in [7, 11) is 0. The molecule has 0 spiro atoms. The molecule has 0 atom stereocenters. The second-order valence-electron chi connectivity index (χ2n) is 4.06. The lowest BCUT2D eigenvalue weighted by Gasteiger charge is -2.17. The van der Waals surface area contributed by atoms with Gasteiger partial charge in [0, 0.05) is 12.4 Å². The molecule has 0 fully saturated rings. The van der Waals surface area contributed by atoms with Crippen molar-refractivity contribution in [3.8, 4) is 17.2 Å². The van der Waals surface area contributed by atoms with Gasteiger partial charge in [0.25, 0.3) is 0 Å². The van der Waals surface area contributed by atoms with Crippen LogP contribution in [0.2, 0.25) is 0 Å². The molecular formula is C15H19NO3. The number of hydrogen-bond acceptors (Lipinski definition) is 3. The van der Waals surface area contributed by atoms with Crippen LogP contribution in [0.3, 0.4) is 0 Å². The smallest absolute Gasteiger partial charge is 0.147 e. The van der Waals surface area contributed by atoms with Crippen molar-refractivity contribution in [2.24, 2.45) is 0 Å². The summed E-state index contributed by atoms with van der Waals surface area (Å²) in [5.41, 5.74) is 1.65. The molecule has 4 heteroatoms. The molecule has 0 unspecified atom stereocenters. The highest BCUT2D eigenvalue weighted by Crippen LogP contribution is 2.34. The quantitative estimate of drug-likeness (QED) is 0.869. The van der Waals surface area contributed by atoms with E-state index in [0.29, 0.717) is 24.7 Å². The third-order valence-electron chi connectivity index (χ3n) is 2.74. The Bertz CT molecular complexity index is 493. The maximum absolute atomic E-state index is 9.33. The number of rotatable bonds is 6. The molecule has 1 N–H and O–H groups in total. The summed E-state index contributed by atoms with van der Waals surface area (Å²) < 4.78 is 13.3. The van der Waals surface area contributed by atoms with Crippen molar-refractivity contribution in [3.63, 3.8) is 0 Å². The molecule has 102 valence electrons. The average Bonchev–Trinajstić information content (AvgIpc) is 2.92.